The third-order valence-corrected chi connectivity index (χ3v) is 4.43. The molecular weight excluding hydrogens is 404 g/mol. The van der Waals surface area contributed by atoms with Crippen molar-refractivity contribution in [1.82, 2.24) is 0 Å². The molecule has 0 aliphatic rings. The Morgan fingerprint density at radius 1 is 0.926 bits per heavy atom. The quantitative estimate of drug-likeness (QED) is 0.310. The smallest absolute Gasteiger partial charge is 0.343 e. The number of aliphatic imine (C=N–C) groups is 1. The Morgan fingerprint density at radius 2 is 1.56 bits per heavy atom. The SMILES string of the molecule is CN(C)c1ccc(N=Cc2ccc(OC(=O)c3ccc(Br)cc3)cc2)cc1. The van der Waals surface area contributed by atoms with E-state index >= 15 is 0 Å². The minimum absolute atomic E-state index is 0.384. The van der Waals surface area contributed by atoms with E-state index in [2.05, 4.69) is 20.9 Å². The molecule has 0 aliphatic heterocycles. The number of benzene rings is 3. The van der Waals surface area contributed by atoms with E-state index < -0.39 is 0 Å². The Kier molecular flexibility index (Phi) is 6.04. The zero-order chi connectivity index (χ0) is 19.2. The van der Waals surface area contributed by atoms with Crippen molar-refractivity contribution >= 4 is 39.5 Å². The average molecular weight is 423 g/mol. The van der Waals surface area contributed by atoms with Gasteiger partial charge in [0.2, 0.25) is 0 Å². The van der Waals surface area contributed by atoms with Crippen LogP contribution in [-0.4, -0.2) is 26.3 Å². The summed E-state index contributed by atoms with van der Waals surface area (Å²) < 4.78 is 6.31. The maximum atomic E-state index is 12.1. The lowest BCUT2D eigenvalue weighted by Crippen LogP contribution is -2.08. The number of esters is 1. The molecule has 0 aliphatic carbocycles. The van der Waals surface area contributed by atoms with Gasteiger partial charge in [-0.3, -0.25) is 4.99 Å². The van der Waals surface area contributed by atoms with Crippen molar-refractivity contribution in [2.24, 2.45) is 4.99 Å². The van der Waals surface area contributed by atoms with Crippen molar-refractivity contribution in [1.29, 1.82) is 0 Å². The molecular formula is C22H19BrN2O2. The Hall–Kier alpha value is -2.92. The lowest BCUT2D eigenvalue weighted by atomic mass is 10.2. The van der Waals surface area contributed by atoms with E-state index in [1.54, 1.807) is 42.6 Å². The normalized spacial score (nSPS) is 10.8. The highest BCUT2D eigenvalue weighted by atomic mass is 79.9. The summed E-state index contributed by atoms with van der Waals surface area (Å²) in [6, 6.07) is 22.3. The molecule has 0 aromatic heterocycles. The minimum atomic E-state index is -0.384. The van der Waals surface area contributed by atoms with Crippen molar-refractivity contribution in [3.05, 3.63) is 88.4 Å². The van der Waals surface area contributed by atoms with Crippen molar-refractivity contribution in [2.75, 3.05) is 19.0 Å². The first-order valence-corrected chi connectivity index (χ1v) is 9.20. The molecule has 0 heterocycles. The highest BCUT2D eigenvalue weighted by Gasteiger charge is 2.08. The Balaban J connectivity index is 1.62. The fourth-order valence-corrected chi connectivity index (χ4v) is 2.62. The number of nitrogens with zero attached hydrogens (tertiary/aromatic N) is 2. The molecule has 0 saturated heterocycles. The van der Waals surface area contributed by atoms with E-state index in [4.69, 9.17) is 4.74 Å². The number of anilines is 1. The van der Waals surface area contributed by atoms with Gasteiger partial charge in [-0.1, -0.05) is 15.9 Å². The predicted molar refractivity (Wildman–Crippen MR) is 114 cm³/mol. The number of ether oxygens (including phenoxy) is 1. The molecule has 4 nitrogen and oxygen atoms in total. The molecule has 0 bridgehead atoms. The van der Waals surface area contributed by atoms with Crippen molar-refractivity contribution in [3.63, 3.8) is 0 Å². The number of carbonyl (C=O) groups excluding carboxylic acids is 1. The van der Waals surface area contributed by atoms with E-state index in [-0.39, 0.29) is 5.97 Å². The molecule has 0 unspecified atom stereocenters. The standard InChI is InChI=1S/C22H19BrN2O2/c1-25(2)20-11-9-19(10-12-20)24-15-16-3-13-21(14-4-16)27-22(26)17-5-7-18(23)8-6-17/h3-15H,1-2H3. The van der Waals surface area contributed by atoms with Crippen LogP contribution >= 0.6 is 15.9 Å². The molecule has 0 N–H and O–H groups in total. The maximum Gasteiger partial charge on any atom is 0.343 e. The monoisotopic (exact) mass is 422 g/mol. The molecule has 0 spiro atoms. The minimum Gasteiger partial charge on any atom is -0.423 e. The fraction of sp³-hybridized carbons (Fsp3) is 0.0909. The highest BCUT2D eigenvalue weighted by Crippen LogP contribution is 2.19. The summed E-state index contributed by atoms with van der Waals surface area (Å²) in [4.78, 5) is 18.6. The predicted octanol–water partition coefficient (Wildman–Crippen LogP) is 5.48. The molecule has 0 atom stereocenters. The number of rotatable bonds is 5. The van der Waals surface area contributed by atoms with Crippen molar-refractivity contribution < 1.29 is 9.53 Å². The van der Waals surface area contributed by atoms with Crippen molar-refractivity contribution in [2.45, 2.75) is 0 Å². The van der Waals surface area contributed by atoms with Crippen LogP contribution in [0.5, 0.6) is 5.75 Å². The molecule has 3 aromatic carbocycles. The number of hydrogen-bond donors (Lipinski definition) is 0. The Bertz CT molecular complexity index is 932. The van der Waals surface area contributed by atoms with E-state index in [0.29, 0.717) is 11.3 Å². The summed E-state index contributed by atoms with van der Waals surface area (Å²) in [7, 11) is 4.01. The van der Waals surface area contributed by atoms with Crippen LogP contribution in [0.15, 0.2) is 82.3 Å². The van der Waals surface area contributed by atoms with Gasteiger partial charge in [0.1, 0.15) is 5.75 Å². The highest BCUT2D eigenvalue weighted by molar-refractivity contribution is 9.10. The second-order valence-corrected chi connectivity index (χ2v) is 7.05. The van der Waals surface area contributed by atoms with Crippen LogP contribution in [0.2, 0.25) is 0 Å². The van der Waals surface area contributed by atoms with E-state index in [0.717, 1.165) is 21.4 Å². The largest absolute Gasteiger partial charge is 0.423 e. The van der Waals surface area contributed by atoms with Gasteiger partial charge in [0, 0.05) is 30.5 Å². The van der Waals surface area contributed by atoms with Gasteiger partial charge < -0.3 is 9.64 Å². The van der Waals surface area contributed by atoms with Crippen LogP contribution in [0.1, 0.15) is 15.9 Å². The van der Waals surface area contributed by atoms with Gasteiger partial charge in [0.05, 0.1) is 11.3 Å². The van der Waals surface area contributed by atoms with Gasteiger partial charge in [-0.2, -0.15) is 0 Å². The van der Waals surface area contributed by atoms with Crippen LogP contribution in [0.4, 0.5) is 11.4 Å². The first-order valence-electron chi connectivity index (χ1n) is 8.40. The van der Waals surface area contributed by atoms with Gasteiger partial charge in [0.15, 0.2) is 0 Å². The summed E-state index contributed by atoms with van der Waals surface area (Å²) >= 11 is 3.34. The second-order valence-electron chi connectivity index (χ2n) is 6.13. The zero-order valence-electron chi connectivity index (χ0n) is 15.1. The molecule has 0 saturated carbocycles. The molecule has 0 fully saturated rings. The lowest BCUT2D eigenvalue weighted by molar-refractivity contribution is 0.0735. The molecule has 0 radical (unpaired) electrons. The van der Waals surface area contributed by atoms with Crippen LogP contribution in [0.3, 0.4) is 0 Å². The number of halogens is 1. The topological polar surface area (TPSA) is 41.9 Å². The summed E-state index contributed by atoms with van der Waals surface area (Å²) in [5.74, 6) is 0.111. The third kappa shape index (κ3) is 5.28. The van der Waals surface area contributed by atoms with Gasteiger partial charge in [-0.25, -0.2) is 4.79 Å². The van der Waals surface area contributed by atoms with Gasteiger partial charge in [-0.05, 0) is 78.4 Å². The van der Waals surface area contributed by atoms with Gasteiger partial charge in [-0.15, -0.1) is 0 Å². The molecule has 27 heavy (non-hydrogen) atoms. The van der Waals surface area contributed by atoms with Crippen LogP contribution in [0.25, 0.3) is 0 Å². The molecule has 0 amide bonds. The van der Waals surface area contributed by atoms with E-state index in [1.807, 2.05) is 55.4 Å². The summed E-state index contributed by atoms with van der Waals surface area (Å²) in [6.07, 6.45) is 1.78. The summed E-state index contributed by atoms with van der Waals surface area (Å²) in [6.45, 7) is 0. The number of carbonyl (C=O) groups is 1. The first kappa shape index (κ1) is 18.9. The Labute approximate surface area is 167 Å². The molecule has 5 heteroatoms. The Morgan fingerprint density at radius 3 is 2.15 bits per heavy atom. The van der Waals surface area contributed by atoms with Crippen LogP contribution in [0, 0.1) is 0 Å². The maximum absolute atomic E-state index is 12.1. The molecule has 3 aromatic rings. The van der Waals surface area contributed by atoms with Gasteiger partial charge >= 0.3 is 5.97 Å². The summed E-state index contributed by atoms with van der Waals surface area (Å²) in [5.41, 5.74) is 3.44. The van der Waals surface area contributed by atoms with Gasteiger partial charge in [0.25, 0.3) is 0 Å². The van der Waals surface area contributed by atoms with E-state index in [1.165, 1.54) is 0 Å². The first-order chi connectivity index (χ1) is 13.0. The fourth-order valence-electron chi connectivity index (χ4n) is 2.36. The summed E-state index contributed by atoms with van der Waals surface area (Å²) in [5, 5.41) is 0. The van der Waals surface area contributed by atoms with Crippen LogP contribution < -0.4 is 9.64 Å². The van der Waals surface area contributed by atoms with Crippen LogP contribution in [-0.2, 0) is 0 Å². The van der Waals surface area contributed by atoms with Crippen molar-refractivity contribution in [3.8, 4) is 5.75 Å². The molecule has 136 valence electrons. The zero-order valence-corrected chi connectivity index (χ0v) is 16.7. The molecule has 3 rings (SSSR count). The average Bonchev–Trinajstić information content (AvgIpc) is 2.68. The second kappa shape index (κ2) is 8.64. The lowest BCUT2D eigenvalue weighted by Gasteiger charge is -2.11. The third-order valence-electron chi connectivity index (χ3n) is 3.90. The van der Waals surface area contributed by atoms with E-state index in [9.17, 15) is 4.79 Å². The number of hydrogen-bond acceptors (Lipinski definition) is 4.